The maximum atomic E-state index is 15.4. The van der Waals surface area contributed by atoms with Gasteiger partial charge in [-0.15, -0.1) is 0 Å². The van der Waals surface area contributed by atoms with Crippen LogP contribution in [0, 0.1) is 5.82 Å². The smallest absolute Gasteiger partial charge is 0.261 e. The molecule has 0 atom stereocenters. The van der Waals surface area contributed by atoms with Crippen LogP contribution in [0.5, 0.6) is 5.75 Å². The third-order valence-corrected chi connectivity index (χ3v) is 6.07. The Hall–Kier alpha value is -3.66. The minimum absolute atomic E-state index is 0.0177. The number of hydrogen-bond donors (Lipinski definition) is 2. The van der Waals surface area contributed by atoms with Crippen LogP contribution in [0.4, 0.5) is 15.9 Å². The highest BCUT2D eigenvalue weighted by atomic mass is 32.2. The van der Waals surface area contributed by atoms with Gasteiger partial charge in [-0.3, -0.25) is 4.72 Å². The van der Waals surface area contributed by atoms with Crippen molar-refractivity contribution in [3.63, 3.8) is 0 Å². The molecule has 8 nitrogen and oxygen atoms in total. The van der Waals surface area contributed by atoms with Crippen molar-refractivity contribution < 1.29 is 17.5 Å². The van der Waals surface area contributed by atoms with E-state index in [1.54, 1.807) is 29.9 Å². The Morgan fingerprint density at radius 3 is 2.53 bits per heavy atom. The van der Waals surface area contributed by atoms with Gasteiger partial charge in [-0.05, 0) is 30.3 Å². The number of nitrogen functional groups attached to an aromatic ring is 1. The second kappa shape index (κ2) is 7.30. The molecule has 10 heteroatoms. The molecule has 2 heterocycles. The van der Waals surface area contributed by atoms with E-state index in [4.69, 9.17) is 10.5 Å². The molecule has 0 aliphatic rings. The molecule has 4 rings (SSSR count). The van der Waals surface area contributed by atoms with Crippen LogP contribution in [0.2, 0.25) is 0 Å². The van der Waals surface area contributed by atoms with Gasteiger partial charge in [0.1, 0.15) is 23.5 Å². The SMILES string of the molecule is COc1ccc(S(=O)(=O)Nc2cccc(-c3cn(C)c4ncnc(N)c34)c2F)cc1. The molecule has 4 aromatic rings. The third kappa shape index (κ3) is 3.30. The summed E-state index contributed by atoms with van der Waals surface area (Å²) in [5, 5.41) is 0.495. The summed E-state index contributed by atoms with van der Waals surface area (Å²) in [7, 11) is -0.769. The highest BCUT2D eigenvalue weighted by molar-refractivity contribution is 7.92. The van der Waals surface area contributed by atoms with Crippen LogP contribution in [0.1, 0.15) is 0 Å². The van der Waals surface area contributed by atoms with Crippen molar-refractivity contribution >= 4 is 32.6 Å². The summed E-state index contributed by atoms with van der Waals surface area (Å²) in [4.78, 5) is 8.14. The number of aromatic nitrogens is 3. The van der Waals surface area contributed by atoms with Crippen LogP contribution in [0.25, 0.3) is 22.2 Å². The van der Waals surface area contributed by atoms with E-state index in [1.807, 2.05) is 0 Å². The lowest BCUT2D eigenvalue weighted by atomic mass is 10.0. The van der Waals surface area contributed by atoms with Crippen molar-refractivity contribution in [1.29, 1.82) is 0 Å². The maximum Gasteiger partial charge on any atom is 0.261 e. The fourth-order valence-electron chi connectivity index (χ4n) is 3.22. The maximum absolute atomic E-state index is 15.4. The first kappa shape index (κ1) is 19.6. The average molecular weight is 427 g/mol. The number of hydrogen-bond acceptors (Lipinski definition) is 6. The molecule has 2 aromatic heterocycles. The predicted octanol–water partition coefficient (Wildman–Crippen LogP) is 3.17. The Morgan fingerprint density at radius 2 is 1.83 bits per heavy atom. The van der Waals surface area contributed by atoms with Crippen LogP contribution in [-0.4, -0.2) is 30.1 Å². The monoisotopic (exact) mass is 427 g/mol. The molecule has 30 heavy (non-hydrogen) atoms. The second-order valence-corrected chi connectivity index (χ2v) is 8.24. The number of aryl methyl sites for hydroxylation is 1. The Labute approximate surface area is 172 Å². The average Bonchev–Trinajstić information content (AvgIpc) is 3.07. The van der Waals surface area contributed by atoms with Crippen LogP contribution in [0.15, 0.2) is 59.9 Å². The number of nitrogens with one attached hydrogen (secondary N) is 1. The van der Waals surface area contributed by atoms with Gasteiger partial charge in [0.25, 0.3) is 10.0 Å². The Bertz CT molecular complexity index is 1350. The summed E-state index contributed by atoms with van der Waals surface area (Å²) in [6.45, 7) is 0. The van der Waals surface area contributed by atoms with Crippen LogP contribution in [-0.2, 0) is 17.1 Å². The summed E-state index contributed by atoms with van der Waals surface area (Å²) in [6, 6.07) is 10.2. The van der Waals surface area contributed by atoms with Gasteiger partial charge < -0.3 is 15.0 Å². The molecule has 0 aliphatic heterocycles. The first-order valence-corrected chi connectivity index (χ1v) is 10.3. The van der Waals surface area contributed by atoms with Crippen molar-refractivity contribution in [3.8, 4) is 16.9 Å². The lowest BCUT2D eigenvalue weighted by Gasteiger charge is -2.12. The normalized spacial score (nSPS) is 11.6. The summed E-state index contributed by atoms with van der Waals surface area (Å²) in [6.07, 6.45) is 3.01. The third-order valence-electron chi connectivity index (χ3n) is 4.69. The quantitative estimate of drug-likeness (QED) is 0.506. The number of ether oxygens (including phenoxy) is 1. The summed E-state index contributed by atoms with van der Waals surface area (Å²) >= 11 is 0. The first-order valence-electron chi connectivity index (χ1n) is 8.83. The Balaban J connectivity index is 1.77. The van der Waals surface area contributed by atoms with Gasteiger partial charge in [-0.25, -0.2) is 22.8 Å². The molecule has 3 N–H and O–H groups in total. The van der Waals surface area contributed by atoms with E-state index in [9.17, 15) is 8.42 Å². The fraction of sp³-hybridized carbons (Fsp3) is 0.100. The lowest BCUT2D eigenvalue weighted by molar-refractivity contribution is 0.414. The number of benzene rings is 2. The van der Waals surface area contributed by atoms with Crippen molar-refractivity contribution in [3.05, 3.63) is 60.8 Å². The van der Waals surface area contributed by atoms with Gasteiger partial charge in [0.05, 0.1) is 23.1 Å². The van der Waals surface area contributed by atoms with Crippen LogP contribution < -0.4 is 15.2 Å². The number of nitrogens with zero attached hydrogens (tertiary/aromatic N) is 3. The van der Waals surface area contributed by atoms with E-state index >= 15 is 4.39 Å². The number of rotatable bonds is 5. The molecular formula is C20H18FN5O3S. The lowest BCUT2D eigenvalue weighted by Crippen LogP contribution is -2.14. The molecule has 2 aromatic carbocycles. The number of anilines is 2. The molecule has 0 unspecified atom stereocenters. The largest absolute Gasteiger partial charge is 0.497 e. The van der Waals surface area contributed by atoms with Gasteiger partial charge in [0.2, 0.25) is 0 Å². The zero-order valence-corrected chi connectivity index (χ0v) is 16.9. The summed E-state index contributed by atoms with van der Waals surface area (Å²) < 4.78 is 49.8. The van der Waals surface area contributed by atoms with Gasteiger partial charge in [0.15, 0.2) is 5.82 Å². The van der Waals surface area contributed by atoms with Gasteiger partial charge in [0, 0.05) is 24.4 Å². The predicted molar refractivity (Wildman–Crippen MR) is 112 cm³/mol. The fourth-order valence-corrected chi connectivity index (χ4v) is 4.28. The molecular weight excluding hydrogens is 409 g/mol. The molecule has 0 saturated carbocycles. The van der Waals surface area contributed by atoms with E-state index in [0.717, 1.165) is 0 Å². The van der Waals surface area contributed by atoms with Crippen molar-refractivity contribution in [2.24, 2.45) is 7.05 Å². The number of halogens is 1. The molecule has 0 bridgehead atoms. The number of fused-ring (bicyclic) bond motifs is 1. The number of nitrogens with two attached hydrogens (primary N) is 1. The van der Waals surface area contributed by atoms with E-state index in [2.05, 4.69) is 14.7 Å². The van der Waals surface area contributed by atoms with Gasteiger partial charge in [-0.1, -0.05) is 12.1 Å². The zero-order valence-electron chi connectivity index (χ0n) is 16.1. The highest BCUT2D eigenvalue weighted by Crippen LogP contribution is 2.36. The molecule has 0 fully saturated rings. The van der Waals surface area contributed by atoms with Gasteiger partial charge in [-0.2, -0.15) is 0 Å². The molecule has 154 valence electrons. The van der Waals surface area contributed by atoms with Crippen molar-refractivity contribution in [2.75, 3.05) is 17.6 Å². The molecule has 0 radical (unpaired) electrons. The van der Waals surface area contributed by atoms with Crippen LogP contribution in [0.3, 0.4) is 0 Å². The number of methoxy groups -OCH3 is 1. The highest BCUT2D eigenvalue weighted by Gasteiger charge is 2.21. The zero-order chi connectivity index (χ0) is 21.5. The van der Waals surface area contributed by atoms with Crippen molar-refractivity contribution in [1.82, 2.24) is 14.5 Å². The topological polar surface area (TPSA) is 112 Å². The Morgan fingerprint density at radius 1 is 1.10 bits per heavy atom. The standard InChI is InChI=1S/C20H18FN5O3S/c1-26-10-15(17-19(22)23-11-24-20(17)26)14-4-3-5-16(18(14)21)25-30(27,28)13-8-6-12(29-2)7-9-13/h3-11,25H,1-2H3,(H2,22,23,24). The van der Waals surface area contributed by atoms with E-state index in [1.165, 1.54) is 43.8 Å². The second-order valence-electron chi connectivity index (χ2n) is 6.56. The minimum atomic E-state index is -4.01. The van der Waals surface area contributed by atoms with Gasteiger partial charge >= 0.3 is 0 Å². The molecule has 0 aliphatic carbocycles. The Kier molecular flexibility index (Phi) is 4.78. The molecule has 0 amide bonds. The van der Waals surface area contributed by atoms with Crippen LogP contribution >= 0.6 is 0 Å². The summed E-state index contributed by atoms with van der Waals surface area (Å²) in [5.41, 5.74) is 6.99. The van der Waals surface area contributed by atoms with E-state index in [0.29, 0.717) is 22.3 Å². The van der Waals surface area contributed by atoms with E-state index in [-0.39, 0.29) is 22.0 Å². The summed E-state index contributed by atoms with van der Waals surface area (Å²) in [5.74, 6) is -0.0116. The molecule has 0 spiro atoms. The first-order chi connectivity index (χ1) is 14.3. The van der Waals surface area contributed by atoms with E-state index < -0.39 is 15.8 Å². The number of sulfonamides is 1. The van der Waals surface area contributed by atoms with Crippen molar-refractivity contribution in [2.45, 2.75) is 4.90 Å². The molecule has 0 saturated heterocycles. The minimum Gasteiger partial charge on any atom is -0.497 e.